The first kappa shape index (κ1) is 10.1. The summed E-state index contributed by atoms with van der Waals surface area (Å²) in [6.07, 6.45) is -1.43. The van der Waals surface area contributed by atoms with Gasteiger partial charge in [-0.15, -0.1) is 9.78 Å². The zero-order chi connectivity index (χ0) is 12.0. The van der Waals surface area contributed by atoms with E-state index in [9.17, 15) is 14.4 Å². The lowest BCUT2D eigenvalue weighted by atomic mass is 10.5. The van der Waals surface area contributed by atoms with Gasteiger partial charge < -0.3 is 5.11 Å². The Kier molecular flexibility index (Phi) is 1.90. The third-order valence-electron chi connectivity index (χ3n) is 2.23. The van der Waals surface area contributed by atoms with Gasteiger partial charge in [0, 0.05) is 14.1 Å². The van der Waals surface area contributed by atoms with Crippen LogP contribution in [0.3, 0.4) is 0 Å². The van der Waals surface area contributed by atoms with Crippen LogP contribution >= 0.6 is 0 Å². The molecule has 0 aliphatic rings. The molecule has 2 aromatic heterocycles. The molecule has 0 unspecified atom stereocenters. The van der Waals surface area contributed by atoms with Crippen molar-refractivity contribution in [3.05, 3.63) is 20.8 Å². The van der Waals surface area contributed by atoms with Crippen LogP contribution in [0.2, 0.25) is 0 Å². The molecule has 16 heavy (non-hydrogen) atoms. The van der Waals surface area contributed by atoms with E-state index in [0.29, 0.717) is 4.68 Å². The van der Waals surface area contributed by atoms with E-state index in [4.69, 9.17) is 5.11 Å². The van der Waals surface area contributed by atoms with E-state index in [-0.39, 0.29) is 11.2 Å². The molecule has 0 saturated heterocycles. The first-order valence-electron chi connectivity index (χ1n) is 4.20. The molecular weight excluding hydrogens is 218 g/mol. The normalized spacial score (nSPS) is 10.9. The molecule has 1 N–H and O–H groups in total. The number of fused-ring (bicyclic) bond motifs is 1. The Bertz CT molecular complexity index is 706. The van der Waals surface area contributed by atoms with Crippen molar-refractivity contribution in [1.82, 2.24) is 24.1 Å². The zero-order valence-electron chi connectivity index (χ0n) is 8.41. The summed E-state index contributed by atoms with van der Waals surface area (Å²) >= 11 is 0. The standard InChI is InChI=1S/C7H7N5O4/c1-10-4-3(5(13)11(2)6(10)14)12(7(15)16)9-8-4/h1-2H3,(H,15,16). The van der Waals surface area contributed by atoms with Gasteiger partial charge in [-0.3, -0.25) is 13.9 Å². The Balaban J connectivity index is 3.13. The number of nitrogens with zero attached hydrogens (tertiary/aromatic N) is 5. The fourth-order valence-electron chi connectivity index (χ4n) is 1.38. The van der Waals surface area contributed by atoms with Gasteiger partial charge in [0.05, 0.1) is 0 Å². The van der Waals surface area contributed by atoms with Crippen molar-refractivity contribution in [2.75, 3.05) is 0 Å². The molecule has 0 spiro atoms. The minimum absolute atomic E-state index is 0.0597. The van der Waals surface area contributed by atoms with Gasteiger partial charge in [-0.2, -0.15) is 0 Å². The quantitative estimate of drug-likeness (QED) is 0.575. The van der Waals surface area contributed by atoms with Crippen molar-refractivity contribution in [2.45, 2.75) is 0 Å². The SMILES string of the molecule is Cn1c(=O)c2c(nnn2C(=O)O)n(C)c1=O. The molecule has 0 aromatic carbocycles. The van der Waals surface area contributed by atoms with Gasteiger partial charge in [-0.1, -0.05) is 5.21 Å². The Labute approximate surface area is 87.1 Å². The van der Waals surface area contributed by atoms with Crippen LogP contribution in [0.1, 0.15) is 0 Å². The predicted molar refractivity (Wildman–Crippen MR) is 51.4 cm³/mol. The molecule has 0 bridgehead atoms. The maximum atomic E-state index is 11.7. The summed E-state index contributed by atoms with van der Waals surface area (Å²) in [6, 6.07) is 0. The molecule has 2 heterocycles. The predicted octanol–water partition coefficient (Wildman–Crippen LogP) is -1.65. The Morgan fingerprint density at radius 3 is 2.44 bits per heavy atom. The molecule has 0 radical (unpaired) electrons. The van der Waals surface area contributed by atoms with Crippen LogP contribution in [0.4, 0.5) is 4.79 Å². The summed E-state index contributed by atoms with van der Waals surface area (Å²) in [6.45, 7) is 0. The highest BCUT2D eigenvalue weighted by Gasteiger charge is 2.18. The van der Waals surface area contributed by atoms with Crippen LogP contribution in [0.25, 0.3) is 11.2 Å². The van der Waals surface area contributed by atoms with Crippen LogP contribution in [0, 0.1) is 0 Å². The molecule has 0 amide bonds. The highest BCUT2D eigenvalue weighted by Crippen LogP contribution is 2.01. The average Bonchev–Trinajstić information content (AvgIpc) is 2.67. The van der Waals surface area contributed by atoms with Gasteiger partial charge in [0.2, 0.25) is 0 Å². The molecular formula is C7H7N5O4. The maximum Gasteiger partial charge on any atom is 0.434 e. The van der Waals surface area contributed by atoms with E-state index < -0.39 is 17.3 Å². The monoisotopic (exact) mass is 225 g/mol. The third kappa shape index (κ3) is 1.08. The minimum atomic E-state index is -1.43. The summed E-state index contributed by atoms with van der Waals surface area (Å²) in [7, 11) is 2.63. The summed E-state index contributed by atoms with van der Waals surface area (Å²) in [5, 5.41) is 15.5. The molecule has 9 nitrogen and oxygen atoms in total. The van der Waals surface area contributed by atoms with Gasteiger partial charge in [-0.05, 0) is 0 Å². The zero-order valence-corrected chi connectivity index (χ0v) is 8.41. The van der Waals surface area contributed by atoms with E-state index in [0.717, 1.165) is 9.13 Å². The van der Waals surface area contributed by atoms with Crippen LogP contribution in [0.15, 0.2) is 9.59 Å². The molecule has 0 aliphatic carbocycles. The van der Waals surface area contributed by atoms with Crippen LogP contribution in [-0.4, -0.2) is 35.3 Å². The second-order valence-corrected chi connectivity index (χ2v) is 3.16. The Morgan fingerprint density at radius 1 is 1.25 bits per heavy atom. The summed E-state index contributed by atoms with van der Waals surface area (Å²) in [4.78, 5) is 33.9. The molecule has 0 saturated carbocycles. The summed E-state index contributed by atoms with van der Waals surface area (Å²) in [5.41, 5.74) is -1.63. The largest absolute Gasteiger partial charge is 0.463 e. The van der Waals surface area contributed by atoms with E-state index in [2.05, 4.69) is 10.3 Å². The third-order valence-corrected chi connectivity index (χ3v) is 2.23. The van der Waals surface area contributed by atoms with Crippen molar-refractivity contribution >= 4 is 17.3 Å². The number of aryl methyl sites for hydroxylation is 1. The van der Waals surface area contributed by atoms with Crippen LogP contribution in [-0.2, 0) is 14.1 Å². The molecule has 84 valence electrons. The van der Waals surface area contributed by atoms with Gasteiger partial charge >= 0.3 is 11.8 Å². The first-order valence-corrected chi connectivity index (χ1v) is 4.20. The van der Waals surface area contributed by atoms with Gasteiger partial charge in [-0.25, -0.2) is 9.59 Å². The van der Waals surface area contributed by atoms with E-state index in [1.165, 1.54) is 14.1 Å². The molecule has 0 fully saturated rings. The minimum Gasteiger partial charge on any atom is -0.463 e. The lowest BCUT2D eigenvalue weighted by Crippen LogP contribution is -2.38. The Morgan fingerprint density at radius 2 is 1.88 bits per heavy atom. The second-order valence-electron chi connectivity index (χ2n) is 3.16. The lowest BCUT2D eigenvalue weighted by Gasteiger charge is -2.01. The molecule has 2 rings (SSSR count). The van der Waals surface area contributed by atoms with E-state index in [1.54, 1.807) is 0 Å². The van der Waals surface area contributed by atoms with Gasteiger partial charge in [0.25, 0.3) is 5.56 Å². The number of carbonyl (C=O) groups is 1. The maximum absolute atomic E-state index is 11.7. The molecule has 2 aromatic rings. The average molecular weight is 225 g/mol. The second kappa shape index (κ2) is 3.02. The van der Waals surface area contributed by atoms with Crippen molar-refractivity contribution < 1.29 is 9.90 Å². The summed E-state index contributed by atoms with van der Waals surface area (Å²) < 4.78 is 2.30. The fourth-order valence-corrected chi connectivity index (χ4v) is 1.38. The number of hydrogen-bond acceptors (Lipinski definition) is 5. The van der Waals surface area contributed by atoms with Crippen LogP contribution in [0.5, 0.6) is 0 Å². The van der Waals surface area contributed by atoms with E-state index in [1.807, 2.05) is 0 Å². The summed E-state index contributed by atoms with van der Waals surface area (Å²) in [5.74, 6) is 0. The van der Waals surface area contributed by atoms with Crippen molar-refractivity contribution in [3.63, 3.8) is 0 Å². The fraction of sp³-hybridized carbons (Fsp3) is 0.286. The van der Waals surface area contributed by atoms with Crippen molar-refractivity contribution in [2.24, 2.45) is 14.1 Å². The molecule has 9 heteroatoms. The number of rotatable bonds is 0. The number of carboxylic acid groups (broad SMARTS) is 1. The topological polar surface area (TPSA) is 112 Å². The van der Waals surface area contributed by atoms with Crippen molar-refractivity contribution in [3.8, 4) is 0 Å². The van der Waals surface area contributed by atoms with Gasteiger partial charge in [0.15, 0.2) is 11.2 Å². The molecule has 0 atom stereocenters. The first-order chi connectivity index (χ1) is 7.45. The lowest BCUT2D eigenvalue weighted by molar-refractivity contribution is 0.193. The number of hydrogen-bond donors (Lipinski definition) is 1. The highest BCUT2D eigenvalue weighted by atomic mass is 16.4. The van der Waals surface area contributed by atoms with Crippen molar-refractivity contribution in [1.29, 1.82) is 0 Å². The number of aromatic nitrogens is 5. The van der Waals surface area contributed by atoms with E-state index >= 15 is 0 Å². The smallest absolute Gasteiger partial charge is 0.434 e. The molecule has 0 aliphatic heterocycles. The van der Waals surface area contributed by atoms with Gasteiger partial charge in [0.1, 0.15) is 0 Å². The highest BCUT2D eigenvalue weighted by molar-refractivity contribution is 5.81. The Hall–Kier alpha value is -2.45. The van der Waals surface area contributed by atoms with Crippen LogP contribution < -0.4 is 11.2 Å².